The molecule has 4 saturated carbocycles. The van der Waals surface area contributed by atoms with Crippen LogP contribution in [0.1, 0.15) is 107 Å². The summed E-state index contributed by atoms with van der Waals surface area (Å²) in [7, 11) is 0. The summed E-state index contributed by atoms with van der Waals surface area (Å²) in [6, 6.07) is 0. The largest absolute Gasteiger partial charge is 0.393 e. The Morgan fingerprint density at radius 2 is 1.48 bits per heavy atom. The number of carbonyl (C=O) groups excluding carboxylic acids is 1. The lowest BCUT2D eigenvalue weighted by molar-refractivity contribution is -0.237. The minimum absolute atomic E-state index is 0.0575. The zero-order valence-corrected chi connectivity index (χ0v) is 22.6. The summed E-state index contributed by atoms with van der Waals surface area (Å²) in [6.07, 6.45) is 9.42. The van der Waals surface area contributed by atoms with E-state index in [1.807, 2.05) is 13.8 Å². The first-order valence-corrected chi connectivity index (χ1v) is 13.7. The van der Waals surface area contributed by atoms with Crippen molar-refractivity contribution in [3.8, 4) is 0 Å². The second kappa shape index (κ2) is 8.19. The predicted octanol–water partition coefficient (Wildman–Crippen LogP) is 6.56. The van der Waals surface area contributed by atoms with Gasteiger partial charge in [0.15, 0.2) is 5.78 Å². The summed E-state index contributed by atoms with van der Waals surface area (Å²) < 4.78 is 0. The Labute approximate surface area is 202 Å². The van der Waals surface area contributed by atoms with Crippen LogP contribution in [-0.2, 0) is 4.79 Å². The van der Waals surface area contributed by atoms with Gasteiger partial charge in [0.2, 0.25) is 0 Å². The maximum Gasteiger partial charge on any atom is 0.155 e. The number of aliphatic hydroxyl groups excluding tert-OH is 2. The van der Waals surface area contributed by atoms with Gasteiger partial charge in [0.25, 0.3) is 0 Å². The van der Waals surface area contributed by atoms with Crippen LogP contribution in [0.3, 0.4) is 0 Å². The minimum atomic E-state index is -0.306. The van der Waals surface area contributed by atoms with Crippen LogP contribution in [0.15, 0.2) is 11.6 Å². The average molecular weight is 459 g/mol. The van der Waals surface area contributed by atoms with E-state index in [-0.39, 0.29) is 39.7 Å². The molecule has 4 aliphatic rings. The lowest BCUT2D eigenvalue weighted by atomic mass is 9.36. The fourth-order valence-corrected chi connectivity index (χ4v) is 10.5. The summed E-state index contributed by atoms with van der Waals surface area (Å²) in [5.74, 6) is 2.47. The Morgan fingerprint density at radius 1 is 0.879 bits per heavy atom. The molecule has 2 N–H and O–H groups in total. The maximum atomic E-state index is 12.6. The van der Waals surface area contributed by atoms with Crippen molar-refractivity contribution in [2.24, 2.45) is 51.2 Å². The lowest BCUT2D eigenvalue weighted by Gasteiger charge is -2.69. The molecule has 3 heteroatoms. The summed E-state index contributed by atoms with van der Waals surface area (Å²) in [5.41, 5.74) is 1.32. The highest BCUT2D eigenvalue weighted by molar-refractivity contribution is 5.90. The zero-order valence-electron chi connectivity index (χ0n) is 22.6. The highest BCUT2D eigenvalue weighted by atomic mass is 16.3. The number of hydrogen-bond donors (Lipinski definition) is 2. The van der Waals surface area contributed by atoms with E-state index in [0.29, 0.717) is 36.0 Å². The molecule has 4 rings (SSSR count). The third-order valence-corrected chi connectivity index (χ3v) is 12.0. The van der Waals surface area contributed by atoms with Gasteiger partial charge >= 0.3 is 0 Å². The van der Waals surface area contributed by atoms with Crippen LogP contribution in [0.25, 0.3) is 0 Å². The van der Waals surface area contributed by atoms with Crippen molar-refractivity contribution in [2.75, 3.05) is 0 Å². The summed E-state index contributed by atoms with van der Waals surface area (Å²) in [6.45, 7) is 18.2. The molecule has 0 aromatic rings. The van der Waals surface area contributed by atoms with Crippen molar-refractivity contribution in [1.29, 1.82) is 0 Å². The number of rotatable bonds is 4. The second-order valence-corrected chi connectivity index (χ2v) is 14.3. The molecule has 10 atom stereocenters. The predicted molar refractivity (Wildman–Crippen MR) is 135 cm³/mol. The summed E-state index contributed by atoms with van der Waals surface area (Å²) in [5, 5.41) is 22.7. The van der Waals surface area contributed by atoms with Crippen LogP contribution >= 0.6 is 0 Å². The SMILES string of the molecule is CC(C)=CC(=O)C[C@@H](C)[C@H]1CC[C@H]2[C@]3(C)CC[C@H]4C(C)(C)[C@@H](O)CC[C@]4(C)[C@H]3C[C@@H](O)[C@]12C. The van der Waals surface area contributed by atoms with E-state index in [0.717, 1.165) is 31.3 Å². The van der Waals surface area contributed by atoms with E-state index in [1.165, 1.54) is 19.3 Å². The fraction of sp³-hybridized carbons (Fsp3) is 0.900. The van der Waals surface area contributed by atoms with Crippen LogP contribution in [0.5, 0.6) is 0 Å². The van der Waals surface area contributed by atoms with E-state index < -0.39 is 0 Å². The van der Waals surface area contributed by atoms with Crippen molar-refractivity contribution in [3.05, 3.63) is 11.6 Å². The zero-order chi connectivity index (χ0) is 24.6. The molecule has 0 aliphatic heterocycles. The number of aliphatic hydroxyl groups is 2. The molecule has 0 heterocycles. The monoisotopic (exact) mass is 458 g/mol. The van der Waals surface area contributed by atoms with Crippen LogP contribution < -0.4 is 0 Å². The molecular formula is C30H50O3. The molecule has 4 aliphatic carbocycles. The van der Waals surface area contributed by atoms with Crippen LogP contribution in [0.4, 0.5) is 0 Å². The first kappa shape index (κ1) is 25.4. The first-order valence-electron chi connectivity index (χ1n) is 13.7. The molecule has 0 radical (unpaired) electrons. The van der Waals surface area contributed by atoms with Gasteiger partial charge in [0.05, 0.1) is 12.2 Å². The van der Waals surface area contributed by atoms with Gasteiger partial charge in [-0.05, 0) is 116 Å². The Morgan fingerprint density at radius 3 is 2.12 bits per heavy atom. The van der Waals surface area contributed by atoms with E-state index in [2.05, 4.69) is 41.5 Å². The van der Waals surface area contributed by atoms with Gasteiger partial charge in [-0.15, -0.1) is 0 Å². The highest BCUT2D eigenvalue weighted by Crippen LogP contribution is 2.74. The van der Waals surface area contributed by atoms with Gasteiger partial charge in [-0.1, -0.05) is 47.1 Å². The maximum absolute atomic E-state index is 12.6. The Bertz CT molecular complexity index is 809. The van der Waals surface area contributed by atoms with Gasteiger partial charge in [-0.25, -0.2) is 0 Å². The van der Waals surface area contributed by atoms with Crippen molar-refractivity contribution in [2.45, 2.75) is 119 Å². The smallest absolute Gasteiger partial charge is 0.155 e. The third kappa shape index (κ3) is 3.62. The molecule has 0 bridgehead atoms. The Balaban J connectivity index is 1.64. The van der Waals surface area contributed by atoms with E-state index in [4.69, 9.17) is 0 Å². The lowest BCUT2D eigenvalue weighted by Crippen LogP contribution is -2.65. The molecule has 188 valence electrons. The van der Waals surface area contributed by atoms with Gasteiger partial charge in [-0.3, -0.25) is 4.79 Å². The van der Waals surface area contributed by atoms with Crippen molar-refractivity contribution in [1.82, 2.24) is 0 Å². The molecule has 0 unspecified atom stereocenters. The van der Waals surface area contributed by atoms with E-state index >= 15 is 0 Å². The third-order valence-electron chi connectivity index (χ3n) is 12.0. The van der Waals surface area contributed by atoms with E-state index in [1.54, 1.807) is 6.08 Å². The van der Waals surface area contributed by atoms with Gasteiger partial charge < -0.3 is 10.2 Å². The number of ketones is 1. The first-order chi connectivity index (χ1) is 15.2. The van der Waals surface area contributed by atoms with Gasteiger partial charge in [0.1, 0.15) is 0 Å². The highest BCUT2D eigenvalue weighted by Gasteiger charge is 2.69. The number of carbonyl (C=O) groups is 1. The van der Waals surface area contributed by atoms with Crippen molar-refractivity contribution in [3.63, 3.8) is 0 Å². The van der Waals surface area contributed by atoms with Gasteiger partial charge in [-0.2, -0.15) is 0 Å². The summed E-state index contributed by atoms with van der Waals surface area (Å²) >= 11 is 0. The molecule has 0 aromatic carbocycles. The molecule has 0 saturated heterocycles. The number of hydrogen-bond acceptors (Lipinski definition) is 3. The van der Waals surface area contributed by atoms with Crippen LogP contribution in [0, 0.1) is 51.2 Å². The molecule has 0 aromatic heterocycles. The Hall–Kier alpha value is -0.670. The average Bonchev–Trinajstić information content (AvgIpc) is 3.06. The second-order valence-electron chi connectivity index (χ2n) is 14.3. The molecular weight excluding hydrogens is 408 g/mol. The normalized spacial score (nSPS) is 49.4. The molecule has 3 nitrogen and oxygen atoms in total. The van der Waals surface area contributed by atoms with Crippen molar-refractivity contribution >= 4 is 5.78 Å². The quantitative estimate of drug-likeness (QED) is 0.469. The topological polar surface area (TPSA) is 57.5 Å². The summed E-state index contributed by atoms with van der Waals surface area (Å²) in [4.78, 5) is 12.6. The van der Waals surface area contributed by atoms with Gasteiger partial charge in [0, 0.05) is 6.42 Å². The molecule has 0 amide bonds. The van der Waals surface area contributed by atoms with Crippen LogP contribution in [-0.4, -0.2) is 28.2 Å². The number of fused-ring (bicyclic) bond motifs is 5. The van der Waals surface area contributed by atoms with Crippen LogP contribution in [0.2, 0.25) is 0 Å². The van der Waals surface area contributed by atoms with E-state index in [9.17, 15) is 15.0 Å². The molecule has 4 fully saturated rings. The molecule has 0 spiro atoms. The van der Waals surface area contributed by atoms with Crippen molar-refractivity contribution < 1.29 is 15.0 Å². The minimum Gasteiger partial charge on any atom is -0.393 e. The Kier molecular flexibility index (Phi) is 6.31. The molecule has 33 heavy (non-hydrogen) atoms. The standard InChI is InChI=1S/C30H50O3/c1-18(2)15-20(31)16-19(3)21-9-10-23-29(7)13-11-22-27(4,5)25(32)12-14-28(22,6)24(29)17-26(33)30(21,23)8/h15,19,21-26,32-33H,9-14,16-17H2,1-8H3/t19-,21-,22+,23+,24-,25+,26-,28+,29+,30-/m1/s1. The number of allylic oxidation sites excluding steroid dienone is 2. The fourth-order valence-electron chi connectivity index (χ4n) is 10.5.